The number of hydrogen-bond acceptors (Lipinski definition) is 4. The van der Waals surface area contributed by atoms with Gasteiger partial charge in [-0.25, -0.2) is 0 Å². The standard InChI is InChI=1S/C27H24N4O2/c28-18-20-10-12-21(13-11-20)29-14-5-15-30(17-16-29)26(32)19-31-24-8-3-1-6-22(24)27(33)23-7-2-4-9-25(23)31/h1-4,6-13H,5,14-17,19H2. The number of nitriles is 1. The number of pyridine rings is 1. The van der Waals surface area contributed by atoms with Crippen LogP contribution in [0.2, 0.25) is 0 Å². The van der Waals surface area contributed by atoms with Gasteiger partial charge >= 0.3 is 0 Å². The first-order chi connectivity index (χ1) is 16.2. The number of benzene rings is 3. The molecule has 1 saturated heterocycles. The van der Waals surface area contributed by atoms with Crippen LogP contribution in [-0.2, 0) is 11.3 Å². The van der Waals surface area contributed by atoms with Crippen molar-refractivity contribution in [1.29, 1.82) is 5.26 Å². The summed E-state index contributed by atoms with van der Waals surface area (Å²) in [5.41, 5.74) is 3.27. The predicted molar refractivity (Wildman–Crippen MR) is 130 cm³/mol. The van der Waals surface area contributed by atoms with Crippen molar-refractivity contribution in [1.82, 2.24) is 9.47 Å². The van der Waals surface area contributed by atoms with E-state index in [1.54, 1.807) is 0 Å². The molecule has 6 heteroatoms. The van der Waals surface area contributed by atoms with Gasteiger partial charge in [0.25, 0.3) is 0 Å². The largest absolute Gasteiger partial charge is 0.370 e. The molecule has 0 atom stereocenters. The molecule has 0 saturated carbocycles. The fraction of sp³-hybridized carbons (Fsp3) is 0.222. The van der Waals surface area contributed by atoms with Gasteiger partial charge in [-0.3, -0.25) is 9.59 Å². The lowest BCUT2D eigenvalue weighted by Crippen LogP contribution is -2.37. The second-order valence-corrected chi connectivity index (χ2v) is 8.33. The summed E-state index contributed by atoms with van der Waals surface area (Å²) in [6.07, 6.45) is 0.872. The number of para-hydroxylation sites is 2. The predicted octanol–water partition coefficient (Wildman–Crippen LogP) is 3.77. The highest BCUT2D eigenvalue weighted by Gasteiger charge is 2.21. The van der Waals surface area contributed by atoms with Crippen LogP contribution in [0.5, 0.6) is 0 Å². The van der Waals surface area contributed by atoms with Crippen LogP contribution in [0.4, 0.5) is 5.69 Å². The molecule has 1 fully saturated rings. The molecule has 0 unspecified atom stereocenters. The van der Waals surface area contributed by atoms with E-state index in [4.69, 9.17) is 5.26 Å². The van der Waals surface area contributed by atoms with E-state index in [-0.39, 0.29) is 17.9 Å². The van der Waals surface area contributed by atoms with Crippen molar-refractivity contribution in [3.05, 3.63) is 88.6 Å². The Bertz CT molecular complexity index is 1370. The molecule has 5 rings (SSSR count). The molecular formula is C27H24N4O2. The number of carbonyl (C=O) groups excluding carboxylic acids is 1. The molecule has 0 spiro atoms. The lowest BCUT2D eigenvalue weighted by atomic mass is 10.1. The Morgan fingerprint density at radius 3 is 2.09 bits per heavy atom. The van der Waals surface area contributed by atoms with E-state index in [0.29, 0.717) is 29.4 Å². The van der Waals surface area contributed by atoms with E-state index in [2.05, 4.69) is 11.0 Å². The lowest BCUT2D eigenvalue weighted by molar-refractivity contribution is -0.131. The van der Waals surface area contributed by atoms with Crippen molar-refractivity contribution in [2.75, 3.05) is 31.1 Å². The molecular weight excluding hydrogens is 412 g/mol. The fourth-order valence-electron chi connectivity index (χ4n) is 4.65. The zero-order valence-corrected chi connectivity index (χ0v) is 18.3. The average Bonchev–Trinajstić information content (AvgIpc) is 3.13. The molecule has 1 aliphatic rings. The monoisotopic (exact) mass is 436 g/mol. The Labute approximate surface area is 191 Å². The van der Waals surface area contributed by atoms with Crippen LogP contribution in [0, 0.1) is 11.3 Å². The number of anilines is 1. The first-order valence-electron chi connectivity index (χ1n) is 11.2. The summed E-state index contributed by atoms with van der Waals surface area (Å²) in [5, 5.41) is 10.3. The van der Waals surface area contributed by atoms with Gasteiger partial charge in [-0.05, 0) is 55.0 Å². The normalized spacial score (nSPS) is 14.3. The van der Waals surface area contributed by atoms with E-state index in [1.165, 1.54) is 0 Å². The van der Waals surface area contributed by atoms with Gasteiger partial charge in [0.05, 0.1) is 22.7 Å². The Balaban J connectivity index is 1.40. The van der Waals surface area contributed by atoms with E-state index >= 15 is 0 Å². The van der Waals surface area contributed by atoms with Gasteiger partial charge in [-0.1, -0.05) is 24.3 Å². The second-order valence-electron chi connectivity index (χ2n) is 8.33. The van der Waals surface area contributed by atoms with Crippen LogP contribution in [-0.4, -0.2) is 41.6 Å². The summed E-state index contributed by atoms with van der Waals surface area (Å²) in [5.74, 6) is 0.0515. The molecule has 164 valence electrons. The molecule has 33 heavy (non-hydrogen) atoms. The molecule has 4 aromatic rings. The SMILES string of the molecule is N#Cc1ccc(N2CCCN(C(=O)Cn3c4ccccc4c(=O)c4ccccc43)CC2)cc1. The zero-order valence-electron chi connectivity index (χ0n) is 18.3. The minimum atomic E-state index is -0.00210. The Kier molecular flexibility index (Phi) is 5.54. The Hall–Kier alpha value is -4.11. The third-order valence-corrected chi connectivity index (χ3v) is 6.38. The van der Waals surface area contributed by atoms with Gasteiger partial charge in [0.15, 0.2) is 5.43 Å². The average molecular weight is 437 g/mol. The van der Waals surface area contributed by atoms with Crippen LogP contribution in [0.25, 0.3) is 21.8 Å². The van der Waals surface area contributed by atoms with Gasteiger partial charge in [-0.2, -0.15) is 5.26 Å². The van der Waals surface area contributed by atoms with Crippen LogP contribution < -0.4 is 10.3 Å². The lowest BCUT2D eigenvalue weighted by Gasteiger charge is -2.24. The second kappa shape index (κ2) is 8.79. The minimum Gasteiger partial charge on any atom is -0.370 e. The number of rotatable bonds is 3. The molecule has 1 aliphatic heterocycles. The van der Waals surface area contributed by atoms with Crippen LogP contribution in [0.3, 0.4) is 0 Å². The quantitative estimate of drug-likeness (QED) is 0.459. The highest BCUT2D eigenvalue weighted by molar-refractivity contribution is 5.94. The number of aromatic nitrogens is 1. The van der Waals surface area contributed by atoms with Gasteiger partial charge < -0.3 is 14.4 Å². The maximum Gasteiger partial charge on any atom is 0.242 e. The molecule has 6 nitrogen and oxygen atoms in total. The highest BCUT2D eigenvalue weighted by Crippen LogP contribution is 2.21. The van der Waals surface area contributed by atoms with Crippen molar-refractivity contribution in [2.45, 2.75) is 13.0 Å². The van der Waals surface area contributed by atoms with E-state index < -0.39 is 0 Å². The first kappa shape index (κ1) is 20.8. The minimum absolute atomic E-state index is 0.00210. The fourth-order valence-corrected chi connectivity index (χ4v) is 4.65. The molecule has 0 bridgehead atoms. The van der Waals surface area contributed by atoms with Crippen molar-refractivity contribution in [3.63, 3.8) is 0 Å². The van der Waals surface area contributed by atoms with E-state index in [0.717, 1.165) is 36.2 Å². The van der Waals surface area contributed by atoms with Gasteiger partial charge in [-0.15, -0.1) is 0 Å². The third kappa shape index (κ3) is 3.94. The van der Waals surface area contributed by atoms with Crippen molar-refractivity contribution in [2.24, 2.45) is 0 Å². The van der Waals surface area contributed by atoms with Crippen LogP contribution in [0.15, 0.2) is 77.6 Å². The van der Waals surface area contributed by atoms with E-state index in [9.17, 15) is 9.59 Å². The highest BCUT2D eigenvalue weighted by atomic mass is 16.2. The van der Waals surface area contributed by atoms with Crippen molar-refractivity contribution >= 4 is 33.4 Å². The summed E-state index contributed by atoms with van der Waals surface area (Å²) in [7, 11) is 0. The van der Waals surface area contributed by atoms with Gasteiger partial charge in [0.1, 0.15) is 6.54 Å². The zero-order chi connectivity index (χ0) is 22.8. The first-order valence-corrected chi connectivity index (χ1v) is 11.2. The number of amides is 1. The molecule has 1 aromatic heterocycles. The molecule has 0 N–H and O–H groups in total. The number of nitrogens with zero attached hydrogens (tertiary/aromatic N) is 4. The van der Waals surface area contributed by atoms with E-state index in [1.807, 2.05) is 82.3 Å². The molecule has 0 aliphatic carbocycles. The molecule has 3 aromatic carbocycles. The Morgan fingerprint density at radius 2 is 1.45 bits per heavy atom. The smallest absolute Gasteiger partial charge is 0.242 e. The summed E-state index contributed by atoms with van der Waals surface area (Å²) in [4.78, 5) is 30.5. The van der Waals surface area contributed by atoms with Crippen LogP contribution >= 0.6 is 0 Å². The Morgan fingerprint density at radius 1 is 0.818 bits per heavy atom. The topological polar surface area (TPSA) is 69.3 Å². The number of carbonyl (C=O) groups is 1. The molecule has 1 amide bonds. The summed E-state index contributed by atoms with van der Waals surface area (Å²) < 4.78 is 1.97. The van der Waals surface area contributed by atoms with Gasteiger partial charge in [0.2, 0.25) is 5.91 Å². The van der Waals surface area contributed by atoms with Crippen molar-refractivity contribution in [3.8, 4) is 6.07 Å². The third-order valence-electron chi connectivity index (χ3n) is 6.38. The molecule has 2 heterocycles. The summed E-state index contributed by atoms with van der Waals surface area (Å²) >= 11 is 0. The number of fused-ring (bicyclic) bond motifs is 2. The summed E-state index contributed by atoms with van der Waals surface area (Å²) in [6, 6.07) is 24.7. The maximum absolute atomic E-state index is 13.4. The summed E-state index contributed by atoms with van der Waals surface area (Å²) in [6.45, 7) is 3.12. The maximum atomic E-state index is 13.4. The van der Waals surface area contributed by atoms with Crippen LogP contribution in [0.1, 0.15) is 12.0 Å². The van der Waals surface area contributed by atoms with Gasteiger partial charge in [0, 0.05) is 42.6 Å². The molecule has 0 radical (unpaired) electrons. The van der Waals surface area contributed by atoms with Crippen molar-refractivity contribution < 1.29 is 4.79 Å². The number of hydrogen-bond donors (Lipinski definition) is 0.